The summed E-state index contributed by atoms with van der Waals surface area (Å²) in [5.74, 6) is -0.928. The molecule has 1 aromatic carbocycles. The van der Waals surface area contributed by atoms with Gasteiger partial charge in [0, 0.05) is 11.4 Å². The van der Waals surface area contributed by atoms with E-state index in [1.165, 1.54) is 23.1 Å². The fourth-order valence-corrected chi connectivity index (χ4v) is 3.10. The van der Waals surface area contributed by atoms with Crippen molar-refractivity contribution in [1.29, 1.82) is 0 Å². The van der Waals surface area contributed by atoms with E-state index in [4.69, 9.17) is 5.73 Å². The van der Waals surface area contributed by atoms with Crippen LogP contribution in [0, 0.1) is 5.82 Å². The predicted octanol–water partition coefficient (Wildman–Crippen LogP) is 3.20. The number of anilines is 1. The van der Waals surface area contributed by atoms with Gasteiger partial charge in [-0.2, -0.15) is 0 Å². The zero-order valence-corrected chi connectivity index (χ0v) is 12.4. The lowest BCUT2D eigenvalue weighted by atomic mass is 10.1. The second kappa shape index (κ2) is 6.16. The quantitative estimate of drug-likeness (QED) is 0.838. The van der Waals surface area contributed by atoms with Crippen molar-refractivity contribution in [3.8, 4) is 0 Å². The first-order chi connectivity index (χ1) is 9.08. The van der Waals surface area contributed by atoms with Crippen molar-refractivity contribution in [3.05, 3.63) is 50.4 Å². The van der Waals surface area contributed by atoms with E-state index in [9.17, 15) is 9.18 Å². The molecule has 3 nitrogen and oxygen atoms in total. The number of nitrogens with one attached hydrogen (secondary N) is 1. The standard InChI is InChI=1S/C13H12BrFN2OS/c14-11-5-4-8(19-11)6-7-17-13(18)9-2-1-3-10(15)12(9)16/h1-5H,6-7,16H2,(H,17,18). The molecule has 19 heavy (non-hydrogen) atoms. The van der Waals surface area contributed by atoms with Crippen molar-refractivity contribution in [2.45, 2.75) is 6.42 Å². The van der Waals surface area contributed by atoms with Crippen LogP contribution in [-0.2, 0) is 6.42 Å². The lowest BCUT2D eigenvalue weighted by Crippen LogP contribution is -2.26. The zero-order valence-electron chi connectivity index (χ0n) is 9.95. The van der Waals surface area contributed by atoms with Gasteiger partial charge in [-0.15, -0.1) is 11.3 Å². The van der Waals surface area contributed by atoms with E-state index in [2.05, 4.69) is 21.2 Å². The Labute approximate surface area is 122 Å². The summed E-state index contributed by atoms with van der Waals surface area (Å²) in [6, 6.07) is 8.17. The Morgan fingerprint density at radius 2 is 2.16 bits per heavy atom. The van der Waals surface area contributed by atoms with Crippen LogP contribution >= 0.6 is 27.3 Å². The molecule has 0 aliphatic rings. The molecule has 0 saturated heterocycles. The van der Waals surface area contributed by atoms with E-state index in [1.807, 2.05) is 12.1 Å². The summed E-state index contributed by atoms with van der Waals surface area (Å²) >= 11 is 5.00. The SMILES string of the molecule is Nc1c(F)cccc1C(=O)NCCc1ccc(Br)s1. The number of amides is 1. The van der Waals surface area contributed by atoms with Gasteiger partial charge in [0.2, 0.25) is 0 Å². The van der Waals surface area contributed by atoms with E-state index in [0.717, 1.165) is 10.2 Å². The third kappa shape index (κ3) is 3.54. The van der Waals surface area contributed by atoms with Crippen LogP contribution in [0.25, 0.3) is 0 Å². The summed E-state index contributed by atoms with van der Waals surface area (Å²) in [6.45, 7) is 0.488. The first-order valence-electron chi connectivity index (χ1n) is 5.64. The van der Waals surface area contributed by atoms with Gasteiger partial charge in [-0.05, 0) is 46.6 Å². The maximum atomic E-state index is 13.2. The topological polar surface area (TPSA) is 55.1 Å². The molecule has 6 heteroatoms. The molecule has 2 rings (SSSR count). The van der Waals surface area contributed by atoms with E-state index in [0.29, 0.717) is 6.54 Å². The van der Waals surface area contributed by atoms with Gasteiger partial charge in [0.1, 0.15) is 5.82 Å². The van der Waals surface area contributed by atoms with Crippen LogP contribution in [0.15, 0.2) is 34.1 Å². The van der Waals surface area contributed by atoms with Crippen LogP contribution in [0.2, 0.25) is 0 Å². The summed E-state index contributed by atoms with van der Waals surface area (Å²) in [5, 5.41) is 2.73. The van der Waals surface area contributed by atoms with Gasteiger partial charge in [-0.3, -0.25) is 4.79 Å². The van der Waals surface area contributed by atoms with Gasteiger partial charge in [0.05, 0.1) is 15.0 Å². The number of hydrogen-bond donors (Lipinski definition) is 2. The molecular formula is C13H12BrFN2OS. The van der Waals surface area contributed by atoms with Crippen LogP contribution in [-0.4, -0.2) is 12.5 Å². The van der Waals surface area contributed by atoms with E-state index in [1.54, 1.807) is 11.3 Å². The maximum absolute atomic E-state index is 13.2. The molecule has 0 saturated carbocycles. The van der Waals surface area contributed by atoms with Crippen LogP contribution in [0.5, 0.6) is 0 Å². The Balaban J connectivity index is 1.93. The Kier molecular flexibility index (Phi) is 4.55. The summed E-state index contributed by atoms with van der Waals surface area (Å²) in [6.07, 6.45) is 0.733. The number of nitrogen functional groups attached to an aromatic ring is 1. The third-order valence-corrected chi connectivity index (χ3v) is 4.27. The first-order valence-corrected chi connectivity index (χ1v) is 7.25. The van der Waals surface area contributed by atoms with Crippen molar-refractivity contribution in [3.63, 3.8) is 0 Å². The number of para-hydroxylation sites is 1. The Morgan fingerprint density at radius 3 is 2.84 bits per heavy atom. The minimum absolute atomic E-state index is 0.112. The van der Waals surface area contributed by atoms with Crippen molar-refractivity contribution >= 4 is 38.9 Å². The molecular weight excluding hydrogens is 331 g/mol. The zero-order chi connectivity index (χ0) is 13.8. The number of carbonyl (C=O) groups is 1. The molecule has 0 fully saturated rings. The fourth-order valence-electron chi connectivity index (χ4n) is 1.62. The number of thiophene rings is 1. The molecule has 0 aliphatic carbocycles. The van der Waals surface area contributed by atoms with E-state index in [-0.39, 0.29) is 17.2 Å². The Bertz CT molecular complexity index is 600. The number of carbonyl (C=O) groups excluding carboxylic acids is 1. The van der Waals surface area contributed by atoms with Crippen molar-refractivity contribution < 1.29 is 9.18 Å². The highest BCUT2D eigenvalue weighted by Crippen LogP contribution is 2.22. The van der Waals surface area contributed by atoms with Crippen LogP contribution in [0.1, 0.15) is 15.2 Å². The highest BCUT2D eigenvalue weighted by molar-refractivity contribution is 9.11. The van der Waals surface area contributed by atoms with Crippen LogP contribution in [0.3, 0.4) is 0 Å². The van der Waals surface area contributed by atoms with Gasteiger partial charge >= 0.3 is 0 Å². The van der Waals surface area contributed by atoms with Crippen LogP contribution < -0.4 is 11.1 Å². The minimum Gasteiger partial charge on any atom is -0.396 e. The lowest BCUT2D eigenvalue weighted by molar-refractivity contribution is 0.0954. The lowest BCUT2D eigenvalue weighted by Gasteiger charge is -2.07. The van der Waals surface area contributed by atoms with Gasteiger partial charge in [-0.1, -0.05) is 6.07 Å². The molecule has 1 heterocycles. The Hall–Kier alpha value is -1.40. The van der Waals surface area contributed by atoms with E-state index < -0.39 is 5.82 Å². The van der Waals surface area contributed by atoms with Gasteiger partial charge < -0.3 is 11.1 Å². The molecule has 0 aliphatic heterocycles. The van der Waals surface area contributed by atoms with Crippen LogP contribution in [0.4, 0.5) is 10.1 Å². The number of nitrogens with two attached hydrogens (primary N) is 1. The monoisotopic (exact) mass is 342 g/mol. The average molecular weight is 343 g/mol. The maximum Gasteiger partial charge on any atom is 0.253 e. The van der Waals surface area contributed by atoms with Gasteiger partial charge in [0.25, 0.3) is 5.91 Å². The highest BCUT2D eigenvalue weighted by Gasteiger charge is 2.11. The molecule has 3 N–H and O–H groups in total. The summed E-state index contributed by atoms with van der Waals surface area (Å²) in [4.78, 5) is 13.0. The Morgan fingerprint density at radius 1 is 1.37 bits per heavy atom. The molecule has 1 aromatic heterocycles. The minimum atomic E-state index is -0.574. The van der Waals surface area contributed by atoms with Crippen molar-refractivity contribution in [2.24, 2.45) is 0 Å². The fraction of sp³-hybridized carbons (Fsp3) is 0.154. The molecule has 0 radical (unpaired) electrons. The molecule has 0 bridgehead atoms. The predicted molar refractivity (Wildman–Crippen MR) is 78.9 cm³/mol. The smallest absolute Gasteiger partial charge is 0.253 e. The van der Waals surface area contributed by atoms with E-state index >= 15 is 0 Å². The van der Waals surface area contributed by atoms with Crippen molar-refractivity contribution in [1.82, 2.24) is 5.32 Å². The van der Waals surface area contributed by atoms with Crippen molar-refractivity contribution in [2.75, 3.05) is 12.3 Å². The highest BCUT2D eigenvalue weighted by atomic mass is 79.9. The average Bonchev–Trinajstić information content (AvgIpc) is 2.78. The number of benzene rings is 1. The molecule has 0 unspecified atom stereocenters. The third-order valence-electron chi connectivity index (χ3n) is 2.58. The molecule has 1 amide bonds. The molecule has 2 aromatic rings. The second-order valence-electron chi connectivity index (χ2n) is 3.91. The molecule has 0 atom stereocenters. The molecule has 100 valence electrons. The summed E-state index contributed by atoms with van der Waals surface area (Å²) in [5.41, 5.74) is 5.59. The van der Waals surface area contributed by atoms with Gasteiger partial charge in [-0.25, -0.2) is 4.39 Å². The normalized spacial score (nSPS) is 10.4. The summed E-state index contributed by atoms with van der Waals surface area (Å²) < 4.78 is 14.3. The first kappa shape index (κ1) is 14.0. The summed E-state index contributed by atoms with van der Waals surface area (Å²) in [7, 11) is 0. The number of hydrogen-bond acceptors (Lipinski definition) is 3. The number of rotatable bonds is 4. The molecule has 0 spiro atoms. The second-order valence-corrected chi connectivity index (χ2v) is 6.46. The van der Waals surface area contributed by atoms with Gasteiger partial charge in [0.15, 0.2) is 0 Å². The largest absolute Gasteiger partial charge is 0.396 e. The number of halogens is 2.